The number of aliphatic hydroxyl groups is 2. The van der Waals surface area contributed by atoms with E-state index in [-0.39, 0.29) is 18.5 Å². The molecule has 2 atom stereocenters. The van der Waals surface area contributed by atoms with Crippen LogP contribution >= 0.6 is 0 Å². The molecule has 0 fully saturated rings. The third-order valence-electron chi connectivity index (χ3n) is 18.6. The third kappa shape index (κ3) is 69.7. The van der Waals surface area contributed by atoms with Crippen molar-refractivity contribution in [2.45, 2.75) is 463 Å². The summed E-state index contributed by atoms with van der Waals surface area (Å²) in [5.74, 6) is -0.00577. The van der Waals surface area contributed by atoms with E-state index in [4.69, 9.17) is 4.74 Å². The van der Waals surface area contributed by atoms with Crippen molar-refractivity contribution < 1.29 is 24.5 Å². The number of hydrogen-bond acceptors (Lipinski definition) is 5. The van der Waals surface area contributed by atoms with Gasteiger partial charge in [-0.05, 0) is 51.4 Å². The van der Waals surface area contributed by atoms with Crippen molar-refractivity contribution >= 4 is 11.9 Å². The van der Waals surface area contributed by atoms with Gasteiger partial charge in [0.15, 0.2) is 0 Å². The highest BCUT2D eigenvalue weighted by molar-refractivity contribution is 5.76. The number of aliphatic hydroxyl groups excluding tert-OH is 2. The molecule has 6 heteroatoms. The molecule has 0 aromatic carbocycles. The fourth-order valence-electron chi connectivity index (χ4n) is 12.6. The minimum Gasteiger partial charge on any atom is -0.466 e. The first-order valence-electron chi connectivity index (χ1n) is 38.9. The Morgan fingerprint density at radius 2 is 0.560 bits per heavy atom. The number of amides is 1. The Balaban J connectivity index is 3.35. The largest absolute Gasteiger partial charge is 0.466 e. The fourth-order valence-corrected chi connectivity index (χ4v) is 12.6. The molecule has 0 aliphatic heterocycles. The van der Waals surface area contributed by atoms with Gasteiger partial charge in [-0.25, -0.2) is 0 Å². The normalized spacial score (nSPS) is 12.5. The summed E-state index contributed by atoms with van der Waals surface area (Å²) in [6, 6.07) is -0.541. The molecule has 0 rings (SSSR count). The Kier molecular flexibility index (Phi) is 72.8. The lowest BCUT2D eigenvalue weighted by Crippen LogP contribution is -2.45. The highest BCUT2D eigenvalue weighted by Crippen LogP contribution is 2.20. The number of ether oxygens (including phenoxy) is 1. The number of allylic oxidation sites excluding steroid dienone is 2. The fraction of sp³-hybridized carbons (Fsp3) is 0.949. The van der Waals surface area contributed by atoms with E-state index in [0.717, 1.165) is 38.5 Å². The molecule has 0 aliphatic carbocycles. The van der Waals surface area contributed by atoms with Gasteiger partial charge in [-0.15, -0.1) is 0 Å². The molecule has 0 aromatic heterocycles. The summed E-state index contributed by atoms with van der Waals surface area (Å²) < 4.78 is 5.51. The van der Waals surface area contributed by atoms with Crippen molar-refractivity contribution in [3.05, 3.63) is 12.2 Å². The number of nitrogens with one attached hydrogen (secondary N) is 1. The molecule has 84 heavy (non-hydrogen) atoms. The molecule has 0 saturated heterocycles. The van der Waals surface area contributed by atoms with Crippen molar-refractivity contribution in [2.75, 3.05) is 13.2 Å². The summed E-state index contributed by atoms with van der Waals surface area (Å²) in [4.78, 5) is 24.7. The van der Waals surface area contributed by atoms with Gasteiger partial charge in [-0.2, -0.15) is 0 Å². The van der Waals surface area contributed by atoms with Gasteiger partial charge in [0, 0.05) is 12.8 Å². The van der Waals surface area contributed by atoms with Crippen molar-refractivity contribution in [3.63, 3.8) is 0 Å². The van der Waals surface area contributed by atoms with E-state index in [0.29, 0.717) is 25.9 Å². The minimum absolute atomic E-state index is 0.0224. The monoisotopic (exact) mass is 1180 g/mol. The first-order valence-corrected chi connectivity index (χ1v) is 38.9. The first kappa shape index (κ1) is 82.6. The van der Waals surface area contributed by atoms with Gasteiger partial charge >= 0.3 is 5.97 Å². The Labute approximate surface area is 527 Å². The van der Waals surface area contributed by atoms with E-state index in [9.17, 15) is 19.8 Å². The van der Waals surface area contributed by atoms with Crippen LogP contribution < -0.4 is 5.32 Å². The maximum absolute atomic E-state index is 12.6. The minimum atomic E-state index is -0.664. The van der Waals surface area contributed by atoms with Gasteiger partial charge in [0.25, 0.3) is 0 Å². The summed E-state index contributed by atoms with van der Waals surface area (Å²) in [6.07, 6.45) is 92.9. The number of hydrogen-bond donors (Lipinski definition) is 3. The summed E-state index contributed by atoms with van der Waals surface area (Å²) in [5, 5.41) is 23.4. The number of esters is 1. The molecule has 0 bridgehead atoms. The summed E-state index contributed by atoms with van der Waals surface area (Å²) >= 11 is 0. The Morgan fingerprint density at radius 3 is 0.845 bits per heavy atom. The van der Waals surface area contributed by atoms with Crippen LogP contribution in [0.2, 0.25) is 0 Å². The van der Waals surface area contributed by atoms with Crippen LogP contribution in [0.4, 0.5) is 0 Å². The lowest BCUT2D eigenvalue weighted by Gasteiger charge is -2.22. The molecule has 0 spiro atoms. The highest BCUT2D eigenvalue weighted by Gasteiger charge is 2.20. The second-order valence-corrected chi connectivity index (χ2v) is 27.0. The Bertz CT molecular complexity index is 1270. The lowest BCUT2D eigenvalue weighted by molar-refractivity contribution is -0.143. The molecule has 3 N–H and O–H groups in total. The van der Waals surface area contributed by atoms with E-state index in [2.05, 4.69) is 31.3 Å². The van der Waals surface area contributed by atoms with Gasteiger partial charge < -0.3 is 20.3 Å². The molecule has 1 amide bonds. The van der Waals surface area contributed by atoms with Gasteiger partial charge in [0.2, 0.25) is 5.91 Å². The van der Waals surface area contributed by atoms with Crippen LogP contribution in [0, 0.1) is 0 Å². The zero-order valence-electron chi connectivity index (χ0n) is 57.4. The Morgan fingerprint density at radius 1 is 0.321 bits per heavy atom. The molecule has 2 unspecified atom stereocenters. The van der Waals surface area contributed by atoms with Gasteiger partial charge in [-0.1, -0.05) is 398 Å². The quantitative estimate of drug-likeness (QED) is 0.0320. The lowest BCUT2D eigenvalue weighted by atomic mass is 10.0. The average Bonchev–Trinajstić information content (AvgIpc) is 3.51. The number of rotatable bonds is 74. The zero-order chi connectivity index (χ0) is 60.6. The van der Waals surface area contributed by atoms with Crippen LogP contribution in [0.15, 0.2) is 12.2 Å². The first-order chi connectivity index (χ1) is 41.5. The van der Waals surface area contributed by atoms with Crippen LogP contribution in [-0.4, -0.2) is 47.4 Å². The van der Waals surface area contributed by atoms with Crippen LogP contribution in [-0.2, 0) is 14.3 Å². The molecule has 6 nitrogen and oxygen atoms in total. The SMILES string of the molecule is CCCCCCCCCCCCCCCCCCCCCCC(O)C(CO)NC(=O)CCCCCCCCCCCCCCCC/C=C\CCCCCCCCCCCCCCOC(=O)CCCCCCCCCCCCCCCCCCC. The predicted molar refractivity (Wildman–Crippen MR) is 370 cm³/mol. The van der Waals surface area contributed by atoms with E-state index in [1.807, 2.05) is 0 Å². The van der Waals surface area contributed by atoms with Crippen LogP contribution in [0.5, 0.6) is 0 Å². The van der Waals surface area contributed by atoms with E-state index in [1.165, 1.54) is 379 Å². The van der Waals surface area contributed by atoms with Crippen molar-refractivity contribution in [3.8, 4) is 0 Å². The third-order valence-corrected chi connectivity index (χ3v) is 18.6. The molecule has 0 saturated carbocycles. The van der Waals surface area contributed by atoms with E-state index in [1.54, 1.807) is 0 Å². The van der Waals surface area contributed by atoms with Gasteiger partial charge in [0.05, 0.1) is 25.4 Å². The van der Waals surface area contributed by atoms with Gasteiger partial charge in [-0.3, -0.25) is 9.59 Å². The second-order valence-electron chi connectivity index (χ2n) is 27.0. The van der Waals surface area contributed by atoms with Crippen molar-refractivity contribution in [1.82, 2.24) is 5.32 Å². The van der Waals surface area contributed by atoms with Crippen molar-refractivity contribution in [2.24, 2.45) is 0 Å². The van der Waals surface area contributed by atoms with Crippen molar-refractivity contribution in [1.29, 1.82) is 0 Å². The molecule has 0 heterocycles. The molecular weight excluding hydrogens is 1030 g/mol. The molecule has 0 aliphatic rings. The summed E-state index contributed by atoms with van der Waals surface area (Å²) in [7, 11) is 0. The van der Waals surface area contributed by atoms with E-state index >= 15 is 0 Å². The maximum Gasteiger partial charge on any atom is 0.305 e. The highest BCUT2D eigenvalue weighted by atomic mass is 16.5. The van der Waals surface area contributed by atoms with Crippen LogP contribution in [0.1, 0.15) is 450 Å². The molecule has 500 valence electrons. The number of unbranched alkanes of at least 4 members (excludes halogenated alkanes) is 61. The average molecular weight is 1190 g/mol. The Hall–Kier alpha value is -1.40. The van der Waals surface area contributed by atoms with Crippen LogP contribution in [0.3, 0.4) is 0 Å². The van der Waals surface area contributed by atoms with E-state index < -0.39 is 12.1 Å². The number of carbonyl (C=O) groups is 2. The summed E-state index contributed by atoms with van der Waals surface area (Å²) in [5.41, 5.74) is 0. The zero-order valence-corrected chi connectivity index (χ0v) is 57.4. The molecular formula is C78H153NO5. The van der Waals surface area contributed by atoms with Gasteiger partial charge in [0.1, 0.15) is 0 Å². The smallest absolute Gasteiger partial charge is 0.305 e. The van der Waals surface area contributed by atoms with Crippen LogP contribution in [0.25, 0.3) is 0 Å². The summed E-state index contributed by atoms with van der Waals surface area (Å²) in [6.45, 7) is 5.01. The number of carbonyl (C=O) groups excluding carboxylic acids is 2. The maximum atomic E-state index is 12.6. The topological polar surface area (TPSA) is 95.9 Å². The molecule has 0 radical (unpaired) electrons. The second kappa shape index (κ2) is 74.1. The predicted octanol–water partition coefficient (Wildman–Crippen LogP) is 25.5. The standard InChI is InChI=1S/C78H153NO5/c1-3-5-7-9-11-13-15-17-19-21-22-35-39-42-46-50-54-58-62-66-70-76(81)75(74-80)79-77(82)71-67-63-59-55-51-47-43-40-36-33-31-29-27-25-23-24-26-28-30-32-34-37-41-45-49-53-57-61-65-69-73-84-78(83)72-68-64-60-56-52-48-44-38-20-18-16-14-12-10-8-6-4-2/h24,26,75-76,80-81H,3-23,25,27-74H2,1-2H3,(H,79,82)/b26-24-. The molecule has 0 aromatic rings.